The Bertz CT molecular complexity index is 1690. The summed E-state index contributed by atoms with van der Waals surface area (Å²) in [5, 5.41) is 20.4. The predicted molar refractivity (Wildman–Crippen MR) is 145 cm³/mol. The first-order valence-electron chi connectivity index (χ1n) is 11.6. The number of nitrogens with zero attached hydrogens (tertiary/aromatic N) is 8. The number of anilines is 1. The molecule has 1 aliphatic heterocycles. The Morgan fingerprint density at radius 1 is 1.12 bits per heavy atom. The van der Waals surface area contributed by atoms with E-state index in [1.165, 1.54) is 36.2 Å². The lowest BCUT2D eigenvalue weighted by atomic mass is 10.1. The minimum Gasteiger partial charge on any atom is -0.320 e. The van der Waals surface area contributed by atoms with Crippen LogP contribution in [0.4, 0.5) is 18.9 Å². The summed E-state index contributed by atoms with van der Waals surface area (Å²) in [4.78, 5) is 35.8. The average Bonchev–Trinajstić information content (AvgIpc) is 3.67. The van der Waals surface area contributed by atoms with Crippen LogP contribution in [0.3, 0.4) is 0 Å². The monoisotopic (exact) mass is 624 g/mol. The van der Waals surface area contributed by atoms with Gasteiger partial charge in [-0.25, -0.2) is 9.67 Å². The molecule has 0 unspecified atom stereocenters. The van der Waals surface area contributed by atoms with E-state index in [4.69, 9.17) is 23.2 Å². The van der Waals surface area contributed by atoms with Crippen LogP contribution in [0, 0.1) is 6.92 Å². The van der Waals surface area contributed by atoms with Gasteiger partial charge in [-0.05, 0) is 48.0 Å². The molecule has 2 amide bonds. The third-order valence-corrected chi connectivity index (χ3v) is 6.94. The maximum atomic E-state index is 13.6. The summed E-state index contributed by atoms with van der Waals surface area (Å²) in [7, 11) is 0. The highest BCUT2D eigenvalue weighted by Crippen LogP contribution is 2.28. The molecule has 0 saturated heterocycles. The average molecular weight is 625 g/mol. The number of aliphatic imine (C=N–C) groups is 1. The van der Waals surface area contributed by atoms with Crippen LogP contribution < -0.4 is 10.6 Å². The highest BCUT2D eigenvalue weighted by Gasteiger charge is 2.37. The lowest BCUT2D eigenvalue weighted by Crippen LogP contribution is -2.29. The number of amidine groups is 1. The number of pyridine rings is 1. The second-order valence-corrected chi connectivity index (χ2v) is 10.4. The van der Waals surface area contributed by atoms with Crippen molar-refractivity contribution in [3.63, 3.8) is 0 Å². The van der Waals surface area contributed by atoms with Crippen LogP contribution in [0.1, 0.15) is 37.9 Å². The number of alkyl halides is 3. The molecule has 0 radical (unpaired) electrons. The molecule has 2 N–H and O–H groups in total. The Balaban J connectivity index is 1.50. The second-order valence-electron chi connectivity index (χ2n) is 8.47. The summed E-state index contributed by atoms with van der Waals surface area (Å²) in [5.41, 5.74) is 0.769. The number of halogens is 5. The van der Waals surface area contributed by atoms with Crippen LogP contribution in [0.25, 0.3) is 5.82 Å². The fraction of sp³-hybridized carbons (Fsp3) is 0.217. The summed E-state index contributed by atoms with van der Waals surface area (Å²) in [6.07, 6.45) is -3.36. The van der Waals surface area contributed by atoms with Gasteiger partial charge in [0.2, 0.25) is 0 Å². The Labute approximate surface area is 243 Å². The molecular weight excluding hydrogens is 608 g/mol. The first kappa shape index (κ1) is 28.5. The second kappa shape index (κ2) is 11.5. The number of carbonyl (C=O) groups excluding carboxylic acids is 2. The van der Waals surface area contributed by atoms with Crippen LogP contribution in [0.15, 0.2) is 41.5 Å². The number of nitrogens with one attached hydrogen (secondary N) is 2. The number of hydrogen-bond acceptors (Lipinski definition) is 9. The van der Waals surface area contributed by atoms with Gasteiger partial charge < -0.3 is 10.6 Å². The molecule has 4 aromatic rings. The normalized spacial score (nSPS) is 13.3. The van der Waals surface area contributed by atoms with Crippen molar-refractivity contribution in [2.75, 3.05) is 17.6 Å². The highest BCUT2D eigenvalue weighted by atomic mass is 35.5. The van der Waals surface area contributed by atoms with Crippen molar-refractivity contribution in [3.05, 3.63) is 74.9 Å². The number of aromatic nitrogens is 7. The molecule has 0 aliphatic carbocycles. The SMILES string of the molecule is Cc1cc(Cl)cc(C(=O)NC2=NCCS2)c1NC(=O)c1cc(Cn2nnc(C(F)(F)F)n2)nn1-c1ncccc1Cl. The molecule has 0 spiro atoms. The van der Waals surface area contributed by atoms with Crippen molar-refractivity contribution in [1.82, 2.24) is 40.3 Å². The summed E-state index contributed by atoms with van der Waals surface area (Å²) < 4.78 is 39.9. The first-order chi connectivity index (χ1) is 19.5. The standard InChI is InChI=1S/C23H17Cl2F3N10O2S/c1-11-7-12(24)8-14(19(39)32-22-30-5-6-41-22)17(11)31-20(40)16-9-13(10-37-35-21(33-36-37)23(26,27)28)34-38(16)18-15(25)3-2-4-29-18/h2-4,7-9H,5-6,10H2,1H3,(H,31,40)(H,30,32,39). The third-order valence-electron chi connectivity index (χ3n) is 5.53. The first-order valence-corrected chi connectivity index (χ1v) is 13.4. The van der Waals surface area contributed by atoms with Gasteiger partial charge in [-0.15, -0.1) is 10.2 Å². The van der Waals surface area contributed by atoms with Gasteiger partial charge >= 0.3 is 6.18 Å². The number of carbonyl (C=O) groups is 2. The fourth-order valence-electron chi connectivity index (χ4n) is 3.77. The molecule has 0 saturated carbocycles. The molecule has 12 nitrogen and oxygen atoms in total. The lowest BCUT2D eigenvalue weighted by Gasteiger charge is -2.15. The number of amides is 2. The number of aryl methyl sites for hydroxylation is 1. The predicted octanol–water partition coefficient (Wildman–Crippen LogP) is 4.02. The number of hydrogen-bond donors (Lipinski definition) is 2. The smallest absolute Gasteiger partial charge is 0.320 e. The molecule has 1 aromatic carbocycles. The van der Waals surface area contributed by atoms with E-state index in [0.29, 0.717) is 22.1 Å². The van der Waals surface area contributed by atoms with Gasteiger partial charge in [0.15, 0.2) is 11.0 Å². The molecule has 0 atom stereocenters. The van der Waals surface area contributed by atoms with E-state index in [0.717, 1.165) is 10.4 Å². The van der Waals surface area contributed by atoms with E-state index in [1.54, 1.807) is 19.1 Å². The molecule has 4 heterocycles. The molecule has 0 fully saturated rings. The zero-order valence-corrected chi connectivity index (χ0v) is 23.1. The van der Waals surface area contributed by atoms with Crippen LogP contribution in [0.5, 0.6) is 0 Å². The molecule has 3 aromatic heterocycles. The van der Waals surface area contributed by atoms with E-state index in [9.17, 15) is 22.8 Å². The highest BCUT2D eigenvalue weighted by molar-refractivity contribution is 8.14. The van der Waals surface area contributed by atoms with E-state index in [1.807, 2.05) is 0 Å². The Morgan fingerprint density at radius 2 is 1.93 bits per heavy atom. The topological polar surface area (TPSA) is 145 Å². The van der Waals surface area contributed by atoms with Crippen LogP contribution in [-0.4, -0.2) is 64.3 Å². The van der Waals surface area contributed by atoms with Crippen LogP contribution in [-0.2, 0) is 12.7 Å². The zero-order chi connectivity index (χ0) is 29.3. The van der Waals surface area contributed by atoms with Crippen molar-refractivity contribution in [1.29, 1.82) is 0 Å². The van der Waals surface area contributed by atoms with Gasteiger partial charge in [-0.3, -0.25) is 14.6 Å². The molecule has 1 aliphatic rings. The molecule has 41 heavy (non-hydrogen) atoms. The summed E-state index contributed by atoms with van der Waals surface area (Å²) in [5.74, 6) is -1.86. The number of thioether (sulfide) groups is 1. The van der Waals surface area contributed by atoms with Gasteiger partial charge in [0, 0.05) is 17.0 Å². The van der Waals surface area contributed by atoms with Gasteiger partial charge in [0.1, 0.15) is 12.2 Å². The van der Waals surface area contributed by atoms with Gasteiger partial charge in [-0.2, -0.15) is 23.1 Å². The van der Waals surface area contributed by atoms with E-state index in [-0.39, 0.29) is 45.0 Å². The molecule has 18 heteroatoms. The van der Waals surface area contributed by atoms with Crippen molar-refractivity contribution < 1.29 is 22.8 Å². The van der Waals surface area contributed by atoms with Gasteiger partial charge in [0.05, 0.1) is 28.5 Å². The lowest BCUT2D eigenvalue weighted by molar-refractivity contribution is -0.145. The van der Waals surface area contributed by atoms with Crippen molar-refractivity contribution in [2.24, 2.45) is 4.99 Å². The largest absolute Gasteiger partial charge is 0.455 e. The minimum absolute atomic E-state index is 0.0789. The van der Waals surface area contributed by atoms with Crippen LogP contribution >= 0.6 is 35.0 Å². The Morgan fingerprint density at radius 3 is 2.61 bits per heavy atom. The molecular formula is C23H17Cl2F3N10O2S. The van der Waals surface area contributed by atoms with Gasteiger partial charge in [0.25, 0.3) is 17.6 Å². The summed E-state index contributed by atoms with van der Waals surface area (Å²) in [6.45, 7) is 1.88. The fourth-order valence-corrected chi connectivity index (χ4v) is 4.97. The number of rotatable bonds is 6. The summed E-state index contributed by atoms with van der Waals surface area (Å²) in [6, 6.07) is 7.39. The summed E-state index contributed by atoms with van der Waals surface area (Å²) >= 11 is 13.9. The van der Waals surface area contributed by atoms with Crippen molar-refractivity contribution in [2.45, 2.75) is 19.6 Å². The molecule has 5 rings (SSSR count). The van der Waals surface area contributed by atoms with Crippen LogP contribution in [0.2, 0.25) is 10.0 Å². The van der Waals surface area contributed by atoms with Gasteiger partial charge in [-0.1, -0.05) is 35.0 Å². The van der Waals surface area contributed by atoms with Crippen molar-refractivity contribution >= 4 is 57.6 Å². The maximum absolute atomic E-state index is 13.6. The maximum Gasteiger partial charge on any atom is 0.455 e. The third kappa shape index (κ3) is 6.34. The Kier molecular flexibility index (Phi) is 7.97. The number of tetrazole rings is 1. The Hall–Kier alpha value is -4.02. The van der Waals surface area contributed by atoms with E-state index >= 15 is 0 Å². The van der Waals surface area contributed by atoms with Crippen molar-refractivity contribution in [3.8, 4) is 5.82 Å². The molecule has 0 bridgehead atoms. The van der Waals surface area contributed by atoms with E-state index < -0.39 is 23.8 Å². The minimum atomic E-state index is -4.78. The quantitative estimate of drug-likeness (QED) is 0.327. The zero-order valence-electron chi connectivity index (χ0n) is 20.8. The number of benzene rings is 1. The van der Waals surface area contributed by atoms with E-state index in [2.05, 4.69) is 41.1 Å². The molecule has 212 valence electrons.